The number of hydrogen-bond acceptors (Lipinski definition) is 5. The predicted molar refractivity (Wildman–Crippen MR) is 83.4 cm³/mol. The zero-order valence-corrected chi connectivity index (χ0v) is 13.7. The molecule has 0 aromatic carbocycles. The van der Waals surface area contributed by atoms with Gasteiger partial charge in [0, 0.05) is 23.4 Å². The Kier molecular flexibility index (Phi) is 6.17. The van der Waals surface area contributed by atoms with E-state index in [2.05, 4.69) is 24.4 Å². The summed E-state index contributed by atoms with van der Waals surface area (Å²) in [7, 11) is 1.65. The number of carbonyl (C=O) groups is 1. The summed E-state index contributed by atoms with van der Waals surface area (Å²) in [6, 6.07) is 4.11. The third-order valence-corrected chi connectivity index (χ3v) is 4.65. The highest BCUT2D eigenvalue weighted by molar-refractivity contribution is 7.12. The zero-order valence-electron chi connectivity index (χ0n) is 12.9. The van der Waals surface area contributed by atoms with Gasteiger partial charge in [-0.3, -0.25) is 10.1 Å². The molecule has 0 radical (unpaired) electrons. The summed E-state index contributed by atoms with van der Waals surface area (Å²) in [6.07, 6.45) is 0.785. The Balaban J connectivity index is 1.98. The molecule has 1 aromatic rings. The van der Waals surface area contributed by atoms with Crippen molar-refractivity contribution in [3.63, 3.8) is 0 Å². The summed E-state index contributed by atoms with van der Waals surface area (Å²) in [5.74, 6) is 0.170. The second-order valence-corrected chi connectivity index (χ2v) is 6.43. The Labute approximate surface area is 130 Å². The molecule has 2 atom stereocenters. The van der Waals surface area contributed by atoms with E-state index in [0.717, 1.165) is 6.42 Å². The number of carbonyl (C=O) groups excluding carboxylic acids is 1. The Bertz CT molecular complexity index is 464. The van der Waals surface area contributed by atoms with Gasteiger partial charge >= 0.3 is 0 Å². The van der Waals surface area contributed by atoms with E-state index in [1.165, 1.54) is 9.75 Å². The first-order chi connectivity index (χ1) is 10.2. The van der Waals surface area contributed by atoms with E-state index in [0.29, 0.717) is 26.4 Å². The SMILES string of the molecule is CCC1NC(c2ccc(C)s2)N(CCOCCOC)C1=O. The molecule has 1 N–H and O–H groups in total. The van der Waals surface area contributed by atoms with E-state index in [9.17, 15) is 4.79 Å². The van der Waals surface area contributed by atoms with E-state index < -0.39 is 0 Å². The Hall–Kier alpha value is -0.950. The van der Waals surface area contributed by atoms with E-state index in [1.807, 2.05) is 11.8 Å². The molecule has 5 nitrogen and oxygen atoms in total. The molecule has 1 aliphatic rings. The van der Waals surface area contributed by atoms with Crippen molar-refractivity contribution in [2.45, 2.75) is 32.5 Å². The quantitative estimate of drug-likeness (QED) is 0.745. The normalized spacial score (nSPS) is 22.2. The molecule has 0 spiro atoms. The second-order valence-electron chi connectivity index (χ2n) is 5.12. The van der Waals surface area contributed by atoms with Crippen LogP contribution in [0.25, 0.3) is 0 Å². The van der Waals surface area contributed by atoms with E-state index >= 15 is 0 Å². The van der Waals surface area contributed by atoms with E-state index in [1.54, 1.807) is 18.4 Å². The first-order valence-electron chi connectivity index (χ1n) is 7.37. The van der Waals surface area contributed by atoms with E-state index in [-0.39, 0.29) is 18.1 Å². The molecule has 1 saturated heterocycles. The summed E-state index contributed by atoms with van der Waals surface area (Å²) in [4.78, 5) is 16.8. The molecule has 6 heteroatoms. The molecule has 118 valence electrons. The molecule has 0 saturated carbocycles. The van der Waals surface area contributed by atoms with Gasteiger partial charge in [-0.15, -0.1) is 11.3 Å². The molecule has 2 heterocycles. The molecule has 1 aliphatic heterocycles. The first kappa shape index (κ1) is 16.4. The second kappa shape index (κ2) is 7.89. The molecule has 1 fully saturated rings. The fraction of sp³-hybridized carbons (Fsp3) is 0.667. The molecule has 1 amide bonds. The lowest BCUT2D eigenvalue weighted by atomic mass is 10.2. The van der Waals surface area contributed by atoms with Gasteiger partial charge in [0.15, 0.2) is 0 Å². The summed E-state index contributed by atoms with van der Waals surface area (Å²) in [5.41, 5.74) is 0. The van der Waals surface area contributed by atoms with Gasteiger partial charge in [-0.1, -0.05) is 6.92 Å². The molecule has 0 bridgehead atoms. The highest BCUT2D eigenvalue weighted by atomic mass is 32.1. The Morgan fingerprint density at radius 3 is 2.76 bits per heavy atom. The standard InChI is InChI=1S/C15H24N2O3S/c1-4-12-15(18)17(7-8-20-10-9-19-3)14(16-12)13-6-5-11(2)21-13/h5-6,12,14,16H,4,7-10H2,1-3H3. The number of nitrogens with zero attached hydrogens (tertiary/aromatic N) is 1. The first-order valence-corrected chi connectivity index (χ1v) is 8.18. The molecule has 1 aromatic heterocycles. The minimum Gasteiger partial charge on any atom is -0.382 e. The van der Waals surface area contributed by atoms with Gasteiger partial charge in [-0.05, 0) is 25.5 Å². The van der Waals surface area contributed by atoms with Crippen LogP contribution >= 0.6 is 11.3 Å². The third-order valence-electron chi connectivity index (χ3n) is 3.60. The highest BCUT2D eigenvalue weighted by Gasteiger charge is 2.38. The minimum absolute atomic E-state index is 0.0211. The highest BCUT2D eigenvalue weighted by Crippen LogP contribution is 2.30. The number of thiophene rings is 1. The van der Waals surface area contributed by atoms with Gasteiger partial charge in [-0.25, -0.2) is 0 Å². The molecule has 0 aliphatic carbocycles. The number of methoxy groups -OCH3 is 1. The van der Waals surface area contributed by atoms with Gasteiger partial charge in [0.25, 0.3) is 0 Å². The largest absolute Gasteiger partial charge is 0.382 e. The number of aryl methyl sites for hydroxylation is 1. The minimum atomic E-state index is -0.0867. The van der Waals surface area contributed by atoms with Crippen LogP contribution in [0.5, 0.6) is 0 Å². The molecular formula is C15H24N2O3S. The van der Waals surface area contributed by atoms with Gasteiger partial charge in [0.2, 0.25) is 5.91 Å². The average Bonchev–Trinajstić information content (AvgIpc) is 3.03. The van der Waals surface area contributed by atoms with Crippen LogP contribution in [0.4, 0.5) is 0 Å². The lowest BCUT2D eigenvalue weighted by Crippen LogP contribution is -2.33. The van der Waals surface area contributed by atoms with Crippen molar-refractivity contribution in [3.05, 3.63) is 21.9 Å². The van der Waals surface area contributed by atoms with Crippen LogP contribution in [0, 0.1) is 6.92 Å². The molecule has 2 rings (SSSR count). The van der Waals surface area contributed by atoms with Gasteiger partial charge in [0.1, 0.15) is 6.17 Å². The Morgan fingerprint density at radius 1 is 1.33 bits per heavy atom. The molecular weight excluding hydrogens is 288 g/mol. The summed E-state index contributed by atoms with van der Waals surface area (Å²) >= 11 is 1.73. The van der Waals surface area contributed by atoms with Crippen LogP contribution in [0.3, 0.4) is 0 Å². The maximum absolute atomic E-state index is 12.4. The number of rotatable bonds is 8. The van der Waals surface area contributed by atoms with Crippen molar-refractivity contribution in [3.8, 4) is 0 Å². The monoisotopic (exact) mass is 312 g/mol. The third kappa shape index (κ3) is 4.03. The van der Waals surface area contributed by atoms with Crippen molar-refractivity contribution in [1.29, 1.82) is 0 Å². The van der Waals surface area contributed by atoms with Crippen LogP contribution in [-0.2, 0) is 14.3 Å². The number of ether oxygens (including phenoxy) is 2. The maximum Gasteiger partial charge on any atom is 0.241 e. The summed E-state index contributed by atoms with van der Waals surface area (Å²) in [6.45, 7) is 6.40. The lowest BCUT2D eigenvalue weighted by Gasteiger charge is -2.23. The number of hydrogen-bond donors (Lipinski definition) is 1. The topological polar surface area (TPSA) is 50.8 Å². The molecule has 21 heavy (non-hydrogen) atoms. The number of amides is 1. The molecule has 2 unspecified atom stereocenters. The van der Waals surface area contributed by atoms with E-state index in [4.69, 9.17) is 9.47 Å². The fourth-order valence-corrected chi connectivity index (χ4v) is 3.41. The van der Waals surface area contributed by atoms with Crippen LogP contribution < -0.4 is 5.32 Å². The predicted octanol–water partition coefficient (Wildman–Crippen LogP) is 1.93. The average molecular weight is 312 g/mol. The van der Waals surface area contributed by atoms with Gasteiger partial charge in [-0.2, -0.15) is 0 Å². The van der Waals surface area contributed by atoms with Crippen molar-refractivity contribution in [2.24, 2.45) is 0 Å². The zero-order chi connectivity index (χ0) is 15.2. The maximum atomic E-state index is 12.4. The van der Waals surface area contributed by atoms with Crippen molar-refractivity contribution >= 4 is 17.2 Å². The smallest absolute Gasteiger partial charge is 0.241 e. The summed E-state index contributed by atoms with van der Waals surface area (Å²) in [5, 5.41) is 3.43. The Morgan fingerprint density at radius 2 is 2.14 bits per heavy atom. The number of nitrogens with one attached hydrogen (secondary N) is 1. The van der Waals surface area contributed by atoms with Crippen LogP contribution in [-0.4, -0.2) is 50.3 Å². The van der Waals surface area contributed by atoms with Crippen molar-refractivity contribution < 1.29 is 14.3 Å². The van der Waals surface area contributed by atoms with Crippen molar-refractivity contribution in [1.82, 2.24) is 10.2 Å². The lowest BCUT2D eigenvalue weighted by molar-refractivity contribution is -0.130. The van der Waals surface area contributed by atoms with Crippen molar-refractivity contribution in [2.75, 3.05) is 33.5 Å². The van der Waals surface area contributed by atoms with Gasteiger partial charge in [0.05, 0.1) is 25.9 Å². The van der Waals surface area contributed by atoms with Crippen LogP contribution in [0.1, 0.15) is 29.3 Å². The fourth-order valence-electron chi connectivity index (χ4n) is 2.45. The summed E-state index contributed by atoms with van der Waals surface area (Å²) < 4.78 is 10.4. The van der Waals surface area contributed by atoms with Gasteiger partial charge < -0.3 is 14.4 Å². The van der Waals surface area contributed by atoms with Crippen LogP contribution in [0.2, 0.25) is 0 Å². The van der Waals surface area contributed by atoms with Crippen LogP contribution in [0.15, 0.2) is 12.1 Å².